The first kappa shape index (κ1) is 28.5. The van der Waals surface area contributed by atoms with Gasteiger partial charge in [-0.05, 0) is 53.6 Å². The Morgan fingerprint density at radius 3 is 2.33 bits per heavy atom. The van der Waals surface area contributed by atoms with Gasteiger partial charge in [0.1, 0.15) is 0 Å². The minimum Gasteiger partial charge on any atom is -0.481 e. The second-order valence-electron chi connectivity index (χ2n) is 10.1. The van der Waals surface area contributed by atoms with Crippen LogP contribution in [-0.4, -0.2) is 37.2 Å². The van der Waals surface area contributed by atoms with Gasteiger partial charge in [-0.3, -0.25) is 9.59 Å². The van der Waals surface area contributed by atoms with Crippen molar-refractivity contribution in [3.63, 3.8) is 0 Å². The largest absolute Gasteiger partial charge is 0.481 e. The first-order valence-electron chi connectivity index (χ1n) is 12.0. The monoisotopic (exact) mass is 553 g/mol. The molecule has 1 fully saturated rings. The zero-order valence-corrected chi connectivity index (χ0v) is 23.2. The van der Waals surface area contributed by atoms with Crippen LogP contribution in [0.1, 0.15) is 62.8 Å². The van der Waals surface area contributed by atoms with Crippen LogP contribution in [0.4, 0.5) is 0 Å². The van der Waals surface area contributed by atoms with E-state index in [9.17, 15) is 23.1 Å². The van der Waals surface area contributed by atoms with Crippen molar-refractivity contribution in [3.05, 3.63) is 69.7 Å². The third-order valence-corrected chi connectivity index (χ3v) is 10.4. The van der Waals surface area contributed by atoms with Gasteiger partial charge >= 0.3 is 5.97 Å². The average Bonchev–Trinajstić information content (AvgIpc) is 2.81. The molecule has 3 rings (SSSR count). The summed E-state index contributed by atoms with van der Waals surface area (Å²) in [6.07, 6.45) is 0.00348. The van der Waals surface area contributed by atoms with Gasteiger partial charge in [0.25, 0.3) is 0 Å². The van der Waals surface area contributed by atoms with Gasteiger partial charge in [-0.2, -0.15) is 0 Å². The van der Waals surface area contributed by atoms with Gasteiger partial charge in [0.05, 0.1) is 17.1 Å². The Kier molecular flexibility index (Phi) is 8.79. The number of hydrogen-bond donors (Lipinski definition) is 2. The smallest absolute Gasteiger partial charge is 0.304 e. The maximum absolute atomic E-state index is 13.3. The van der Waals surface area contributed by atoms with E-state index in [0.717, 1.165) is 5.56 Å². The lowest BCUT2D eigenvalue weighted by Crippen LogP contribution is -2.57. The fourth-order valence-electron chi connectivity index (χ4n) is 5.45. The van der Waals surface area contributed by atoms with Gasteiger partial charge in [-0.15, -0.1) is 0 Å². The standard InChI is InChI=1S/C27H33Cl2NO5S/c1-5-36(34,35)25(18-9-11-20(28)12-10-18)17(3)16(2)24-22(19-7-6-8-21(29)13-19)14-27(4,15-23(31)32)26(33)30-24/h6-13,16-17,22,24-25H,5,14-15H2,1-4H3,(H,30,33)(H,31,32)/t16?,17?,22-,24+,25?,27+/m1/s1. The molecule has 2 aromatic rings. The van der Waals surface area contributed by atoms with Gasteiger partial charge in [-0.25, -0.2) is 8.42 Å². The summed E-state index contributed by atoms with van der Waals surface area (Å²) < 4.78 is 26.6. The van der Waals surface area contributed by atoms with E-state index >= 15 is 0 Å². The third-order valence-electron chi connectivity index (χ3n) is 7.63. The summed E-state index contributed by atoms with van der Waals surface area (Å²) in [4.78, 5) is 24.8. The predicted octanol–water partition coefficient (Wildman–Crippen LogP) is 5.89. The molecule has 9 heteroatoms. The Morgan fingerprint density at radius 2 is 1.78 bits per heavy atom. The van der Waals surface area contributed by atoms with Crippen molar-refractivity contribution < 1.29 is 23.1 Å². The summed E-state index contributed by atoms with van der Waals surface area (Å²) in [6.45, 7) is 7.13. The summed E-state index contributed by atoms with van der Waals surface area (Å²) in [5.41, 5.74) is 0.422. The van der Waals surface area contributed by atoms with Crippen LogP contribution < -0.4 is 5.32 Å². The normalized spacial score (nSPS) is 25.0. The molecule has 0 aromatic heterocycles. The Balaban J connectivity index is 2.05. The van der Waals surface area contributed by atoms with Crippen LogP contribution in [0, 0.1) is 17.3 Å². The zero-order valence-electron chi connectivity index (χ0n) is 20.9. The number of rotatable bonds is 9. The summed E-state index contributed by atoms with van der Waals surface area (Å²) in [5, 5.41) is 12.8. The molecule has 1 aliphatic heterocycles. The Bertz CT molecular complexity index is 1220. The van der Waals surface area contributed by atoms with E-state index in [-0.39, 0.29) is 35.8 Å². The van der Waals surface area contributed by atoms with Crippen molar-refractivity contribution in [3.8, 4) is 0 Å². The molecule has 2 N–H and O–H groups in total. The van der Waals surface area contributed by atoms with E-state index in [1.54, 1.807) is 44.2 Å². The Labute approximate surface area is 223 Å². The molecular formula is C27H33Cl2NO5S. The number of sulfone groups is 1. The predicted molar refractivity (Wildman–Crippen MR) is 143 cm³/mol. The van der Waals surface area contributed by atoms with E-state index in [1.165, 1.54) is 0 Å². The number of piperidine rings is 1. The number of halogens is 2. The van der Waals surface area contributed by atoms with Crippen LogP contribution in [0.5, 0.6) is 0 Å². The topological polar surface area (TPSA) is 101 Å². The van der Waals surface area contributed by atoms with Gasteiger partial charge < -0.3 is 10.4 Å². The number of carboxylic acids is 1. The van der Waals surface area contributed by atoms with E-state index < -0.39 is 32.5 Å². The van der Waals surface area contributed by atoms with Crippen LogP contribution in [-0.2, 0) is 19.4 Å². The zero-order chi connectivity index (χ0) is 26.8. The molecule has 0 bridgehead atoms. The molecule has 1 heterocycles. The number of amides is 1. The number of carbonyl (C=O) groups excluding carboxylic acids is 1. The molecule has 0 aliphatic carbocycles. The van der Waals surface area contributed by atoms with E-state index in [1.807, 2.05) is 32.0 Å². The average molecular weight is 555 g/mol. The second-order valence-corrected chi connectivity index (χ2v) is 13.4. The van der Waals surface area contributed by atoms with Gasteiger partial charge in [-0.1, -0.05) is 75.2 Å². The highest BCUT2D eigenvalue weighted by Crippen LogP contribution is 2.46. The number of carbonyl (C=O) groups is 2. The minimum absolute atomic E-state index is 0.0250. The lowest BCUT2D eigenvalue weighted by Gasteiger charge is -2.46. The number of aliphatic carboxylic acids is 1. The highest BCUT2D eigenvalue weighted by molar-refractivity contribution is 7.91. The molecule has 1 saturated heterocycles. The van der Waals surface area contributed by atoms with Crippen molar-refractivity contribution in [1.82, 2.24) is 5.32 Å². The highest BCUT2D eigenvalue weighted by Gasteiger charge is 2.49. The molecule has 0 saturated carbocycles. The van der Waals surface area contributed by atoms with Crippen molar-refractivity contribution in [2.24, 2.45) is 17.3 Å². The van der Waals surface area contributed by atoms with Gasteiger partial charge in [0.2, 0.25) is 5.91 Å². The molecule has 3 unspecified atom stereocenters. The molecule has 1 amide bonds. The first-order chi connectivity index (χ1) is 16.8. The minimum atomic E-state index is -3.50. The van der Waals surface area contributed by atoms with E-state index in [2.05, 4.69) is 5.32 Å². The lowest BCUT2D eigenvalue weighted by molar-refractivity contribution is -0.147. The lowest BCUT2D eigenvalue weighted by atomic mass is 9.66. The van der Waals surface area contributed by atoms with Gasteiger partial charge in [0.15, 0.2) is 9.84 Å². The molecule has 36 heavy (non-hydrogen) atoms. The number of nitrogens with one attached hydrogen (secondary N) is 1. The Morgan fingerprint density at radius 1 is 1.14 bits per heavy atom. The van der Waals surface area contributed by atoms with Crippen LogP contribution in [0.2, 0.25) is 10.0 Å². The van der Waals surface area contributed by atoms with E-state index in [0.29, 0.717) is 22.0 Å². The second kappa shape index (κ2) is 11.1. The number of carboxylic acid groups (broad SMARTS) is 1. The first-order valence-corrected chi connectivity index (χ1v) is 14.5. The summed E-state index contributed by atoms with van der Waals surface area (Å²) in [6, 6.07) is 13.7. The maximum Gasteiger partial charge on any atom is 0.304 e. The van der Waals surface area contributed by atoms with Crippen molar-refractivity contribution >= 4 is 44.9 Å². The van der Waals surface area contributed by atoms with E-state index in [4.69, 9.17) is 23.2 Å². The summed E-state index contributed by atoms with van der Waals surface area (Å²) in [7, 11) is -3.50. The molecule has 0 spiro atoms. The maximum atomic E-state index is 13.3. The number of hydrogen-bond acceptors (Lipinski definition) is 4. The molecule has 1 aliphatic rings. The molecule has 2 aromatic carbocycles. The molecular weight excluding hydrogens is 521 g/mol. The van der Waals surface area contributed by atoms with Crippen molar-refractivity contribution in [2.45, 2.75) is 57.7 Å². The highest BCUT2D eigenvalue weighted by atomic mass is 35.5. The van der Waals surface area contributed by atoms with Gasteiger partial charge in [0, 0.05) is 27.8 Å². The molecule has 6 nitrogen and oxygen atoms in total. The fourth-order valence-corrected chi connectivity index (χ4v) is 7.61. The Hall–Kier alpha value is -2.09. The number of benzene rings is 2. The SMILES string of the molecule is CCS(=O)(=O)C(c1ccc(Cl)cc1)C(C)C(C)[C@@H]1NC(=O)[C@](C)(CC(=O)O)C[C@@H]1c1cccc(Cl)c1. The van der Waals surface area contributed by atoms with Crippen LogP contribution in [0.3, 0.4) is 0 Å². The summed E-state index contributed by atoms with van der Waals surface area (Å²) >= 11 is 12.3. The molecule has 0 radical (unpaired) electrons. The molecule has 6 atom stereocenters. The quantitative estimate of drug-likeness (QED) is 0.402. The molecule has 196 valence electrons. The van der Waals surface area contributed by atoms with Crippen LogP contribution in [0.25, 0.3) is 0 Å². The van der Waals surface area contributed by atoms with Crippen molar-refractivity contribution in [1.29, 1.82) is 0 Å². The van der Waals surface area contributed by atoms with Crippen LogP contribution >= 0.6 is 23.2 Å². The summed E-state index contributed by atoms with van der Waals surface area (Å²) in [5.74, 6) is -2.30. The van der Waals surface area contributed by atoms with Crippen molar-refractivity contribution in [2.75, 3.05) is 5.75 Å². The third kappa shape index (κ3) is 6.06. The van der Waals surface area contributed by atoms with Crippen LogP contribution in [0.15, 0.2) is 48.5 Å². The fraction of sp³-hybridized carbons (Fsp3) is 0.481.